The summed E-state index contributed by atoms with van der Waals surface area (Å²) in [5.74, 6) is 0. The van der Waals surface area contributed by atoms with E-state index in [0.717, 1.165) is 18.3 Å². The smallest absolute Gasteiger partial charge is 0.177 e. The van der Waals surface area contributed by atoms with E-state index >= 15 is 0 Å². The van der Waals surface area contributed by atoms with E-state index in [1.54, 1.807) is 11.8 Å². The first-order chi connectivity index (χ1) is 6.88. The Kier molecular flexibility index (Phi) is 5.71. The van der Waals surface area contributed by atoms with Crippen molar-refractivity contribution < 1.29 is 0 Å². The first kappa shape index (κ1) is 11.6. The van der Waals surface area contributed by atoms with E-state index in [0.29, 0.717) is 0 Å². The second-order valence-corrected chi connectivity index (χ2v) is 3.97. The number of hydrazine groups is 1. The summed E-state index contributed by atoms with van der Waals surface area (Å²) in [6.45, 7) is 4.05. The number of aliphatic imine (C=N–C) groups is 1. The summed E-state index contributed by atoms with van der Waals surface area (Å²) >= 11 is 1.68. The van der Waals surface area contributed by atoms with Crippen LogP contribution in [0.15, 0.2) is 17.3 Å². The summed E-state index contributed by atoms with van der Waals surface area (Å²) in [6.07, 6.45) is 9.95. The van der Waals surface area contributed by atoms with Gasteiger partial charge in [-0.1, -0.05) is 31.5 Å². The number of unbranched alkanes of at least 4 members (excludes halogenated alkanes) is 2. The molecule has 3 nitrogen and oxygen atoms in total. The molecular weight excluding hydrogens is 194 g/mol. The van der Waals surface area contributed by atoms with E-state index in [1.165, 1.54) is 19.3 Å². The van der Waals surface area contributed by atoms with Gasteiger partial charge in [0, 0.05) is 12.7 Å². The van der Waals surface area contributed by atoms with Crippen molar-refractivity contribution >= 4 is 16.9 Å². The Labute approximate surface area is 90.6 Å². The Morgan fingerprint density at radius 2 is 2.43 bits per heavy atom. The van der Waals surface area contributed by atoms with E-state index < -0.39 is 0 Å². The Morgan fingerprint density at radius 1 is 1.57 bits per heavy atom. The van der Waals surface area contributed by atoms with Crippen molar-refractivity contribution in [3.05, 3.63) is 12.3 Å². The van der Waals surface area contributed by atoms with Crippen LogP contribution >= 0.6 is 11.8 Å². The van der Waals surface area contributed by atoms with Gasteiger partial charge in [-0.05, 0) is 18.8 Å². The monoisotopic (exact) mass is 213 g/mol. The van der Waals surface area contributed by atoms with Gasteiger partial charge in [-0.15, -0.1) is 0 Å². The normalized spacial score (nSPS) is 15.9. The maximum absolute atomic E-state index is 4.38. The summed E-state index contributed by atoms with van der Waals surface area (Å²) in [5, 5.41) is 3.08. The van der Waals surface area contributed by atoms with Crippen LogP contribution in [0.4, 0.5) is 0 Å². The van der Waals surface area contributed by atoms with Crippen molar-refractivity contribution in [1.82, 2.24) is 10.4 Å². The molecule has 0 aromatic heterocycles. The topological polar surface area (TPSA) is 27.6 Å². The highest BCUT2D eigenvalue weighted by Gasteiger charge is 2.08. The van der Waals surface area contributed by atoms with Crippen LogP contribution < -0.4 is 5.43 Å². The first-order valence-electron chi connectivity index (χ1n) is 5.16. The molecule has 0 bridgehead atoms. The van der Waals surface area contributed by atoms with Crippen molar-refractivity contribution in [3.8, 4) is 0 Å². The Bertz CT molecular complexity index is 213. The quantitative estimate of drug-likeness (QED) is 0.710. The number of hydrogen-bond donors (Lipinski definition) is 1. The molecule has 14 heavy (non-hydrogen) atoms. The van der Waals surface area contributed by atoms with Crippen molar-refractivity contribution in [2.24, 2.45) is 4.99 Å². The molecule has 4 heteroatoms. The average molecular weight is 213 g/mol. The van der Waals surface area contributed by atoms with Gasteiger partial charge in [0.15, 0.2) is 5.17 Å². The predicted octanol–water partition coefficient (Wildman–Crippen LogP) is 2.23. The molecule has 1 rings (SSSR count). The largest absolute Gasteiger partial charge is 0.262 e. The van der Waals surface area contributed by atoms with Crippen molar-refractivity contribution in [3.63, 3.8) is 0 Å². The maximum atomic E-state index is 4.38. The highest BCUT2D eigenvalue weighted by atomic mass is 32.2. The van der Waals surface area contributed by atoms with Crippen LogP contribution in [0.1, 0.15) is 26.2 Å². The van der Waals surface area contributed by atoms with Crippen LogP contribution in [0.2, 0.25) is 0 Å². The molecule has 0 aliphatic carbocycles. The number of thioether (sulfide) groups is 1. The van der Waals surface area contributed by atoms with Gasteiger partial charge in [-0.2, -0.15) is 0 Å². The third kappa shape index (κ3) is 3.72. The maximum Gasteiger partial charge on any atom is 0.177 e. The summed E-state index contributed by atoms with van der Waals surface area (Å²) in [6, 6.07) is 0. The number of amidine groups is 1. The lowest BCUT2D eigenvalue weighted by molar-refractivity contribution is 0.397. The molecule has 0 aromatic carbocycles. The molecule has 0 unspecified atom stereocenters. The minimum absolute atomic E-state index is 0.809. The van der Waals surface area contributed by atoms with Crippen LogP contribution in [0, 0.1) is 0 Å². The molecule has 0 saturated carbocycles. The van der Waals surface area contributed by atoms with E-state index in [-0.39, 0.29) is 0 Å². The highest BCUT2D eigenvalue weighted by molar-refractivity contribution is 8.13. The van der Waals surface area contributed by atoms with Crippen LogP contribution in [-0.2, 0) is 0 Å². The van der Waals surface area contributed by atoms with Gasteiger partial charge in [0.1, 0.15) is 0 Å². The number of nitrogens with one attached hydrogen (secondary N) is 1. The lowest BCUT2D eigenvalue weighted by Crippen LogP contribution is -2.39. The molecule has 0 spiro atoms. The summed E-state index contributed by atoms with van der Waals surface area (Å²) in [4.78, 5) is 4.38. The minimum atomic E-state index is 0.809. The minimum Gasteiger partial charge on any atom is -0.262 e. The molecular formula is C10H19N3S. The van der Waals surface area contributed by atoms with Crippen molar-refractivity contribution in [2.45, 2.75) is 26.2 Å². The van der Waals surface area contributed by atoms with E-state index in [1.807, 2.05) is 5.01 Å². The fourth-order valence-corrected chi connectivity index (χ4v) is 1.81. The van der Waals surface area contributed by atoms with Crippen molar-refractivity contribution in [2.75, 3.05) is 19.3 Å². The van der Waals surface area contributed by atoms with Gasteiger partial charge in [0.05, 0.1) is 6.54 Å². The van der Waals surface area contributed by atoms with Crippen LogP contribution in [0.25, 0.3) is 0 Å². The third-order valence-corrected chi connectivity index (χ3v) is 2.73. The second kappa shape index (κ2) is 6.90. The predicted molar refractivity (Wildman–Crippen MR) is 64.3 cm³/mol. The standard InChI is InChI=1S/C10H19N3S/c1-3-4-5-8-12-13-9-6-7-11-10(13)14-2/h6,9,12H,3-5,7-8H2,1-2H3. The van der Waals surface area contributed by atoms with Gasteiger partial charge >= 0.3 is 0 Å². The highest BCUT2D eigenvalue weighted by Crippen LogP contribution is 2.07. The van der Waals surface area contributed by atoms with Gasteiger partial charge in [-0.25, -0.2) is 5.43 Å². The van der Waals surface area contributed by atoms with Gasteiger partial charge in [0.25, 0.3) is 0 Å². The Balaban J connectivity index is 2.24. The zero-order valence-electron chi connectivity index (χ0n) is 8.99. The number of nitrogens with zero attached hydrogens (tertiary/aromatic N) is 2. The molecule has 0 aromatic rings. The Hall–Kier alpha value is -0.480. The third-order valence-electron chi connectivity index (χ3n) is 2.04. The molecule has 0 fully saturated rings. The zero-order chi connectivity index (χ0) is 10.2. The van der Waals surface area contributed by atoms with Crippen LogP contribution in [0.5, 0.6) is 0 Å². The molecule has 1 heterocycles. The SMILES string of the molecule is CCCCCNN1C=CCN=C1SC. The van der Waals surface area contributed by atoms with Gasteiger partial charge in [-0.3, -0.25) is 10.0 Å². The summed E-state index contributed by atoms with van der Waals surface area (Å²) in [5.41, 5.74) is 3.35. The fraction of sp³-hybridized carbons (Fsp3) is 0.700. The molecule has 1 aliphatic heterocycles. The molecule has 80 valence electrons. The van der Waals surface area contributed by atoms with E-state index in [9.17, 15) is 0 Å². The zero-order valence-corrected chi connectivity index (χ0v) is 9.81. The second-order valence-electron chi connectivity index (χ2n) is 3.20. The van der Waals surface area contributed by atoms with E-state index in [2.05, 4.69) is 35.9 Å². The molecule has 0 radical (unpaired) electrons. The lowest BCUT2D eigenvalue weighted by Gasteiger charge is -2.23. The summed E-state index contributed by atoms with van der Waals surface area (Å²) in [7, 11) is 0. The number of hydrogen-bond acceptors (Lipinski definition) is 4. The Morgan fingerprint density at radius 3 is 3.14 bits per heavy atom. The van der Waals surface area contributed by atoms with Crippen LogP contribution in [-0.4, -0.2) is 29.5 Å². The van der Waals surface area contributed by atoms with Gasteiger partial charge < -0.3 is 0 Å². The fourth-order valence-electron chi connectivity index (χ4n) is 1.28. The number of rotatable bonds is 5. The average Bonchev–Trinajstić information content (AvgIpc) is 2.25. The molecule has 0 amide bonds. The molecule has 1 N–H and O–H groups in total. The van der Waals surface area contributed by atoms with Gasteiger partial charge in [0.2, 0.25) is 0 Å². The first-order valence-corrected chi connectivity index (χ1v) is 6.38. The lowest BCUT2D eigenvalue weighted by atomic mass is 10.2. The van der Waals surface area contributed by atoms with Crippen molar-refractivity contribution in [1.29, 1.82) is 0 Å². The van der Waals surface area contributed by atoms with Crippen LogP contribution in [0.3, 0.4) is 0 Å². The summed E-state index contributed by atoms with van der Waals surface area (Å²) < 4.78 is 0. The van der Waals surface area contributed by atoms with E-state index in [4.69, 9.17) is 0 Å². The molecule has 0 saturated heterocycles. The molecule has 1 aliphatic rings. The molecule has 0 atom stereocenters.